The van der Waals surface area contributed by atoms with Gasteiger partial charge in [-0.25, -0.2) is 5.10 Å². The second-order valence-electron chi connectivity index (χ2n) is 6.48. The summed E-state index contributed by atoms with van der Waals surface area (Å²) >= 11 is 17.3. The number of nitrogens with zero attached hydrogens (tertiary/aromatic N) is 2. The number of aliphatic hydroxyl groups excluding tert-OH is 1. The number of anilines is 1. The lowest BCUT2D eigenvalue weighted by Crippen LogP contribution is -2.10. The SMILES string of the molecule is CCO.CNc1cc(Cl)cnc1-c1n[nH]c(=O)c2ccccc12.Cc1ccc(Cl)c(Cl)c1. The molecule has 0 aliphatic heterocycles. The van der Waals surface area contributed by atoms with Gasteiger partial charge in [0.2, 0.25) is 0 Å². The number of aliphatic hydroxyl groups is 1. The number of H-pyrrole nitrogens is 1. The maximum absolute atomic E-state index is 11.8. The normalized spacial score (nSPS) is 9.97. The molecule has 0 saturated carbocycles. The molecule has 32 heavy (non-hydrogen) atoms. The number of hydrogen-bond acceptors (Lipinski definition) is 5. The zero-order valence-electron chi connectivity index (χ0n) is 17.8. The van der Waals surface area contributed by atoms with Crippen LogP contribution in [0.5, 0.6) is 0 Å². The molecular weight excluding hydrogens is 471 g/mol. The van der Waals surface area contributed by atoms with E-state index in [1.807, 2.05) is 37.3 Å². The number of fused-ring (bicyclic) bond motifs is 1. The molecule has 0 radical (unpaired) electrons. The highest BCUT2D eigenvalue weighted by molar-refractivity contribution is 6.42. The summed E-state index contributed by atoms with van der Waals surface area (Å²) in [5.41, 5.74) is 2.92. The van der Waals surface area contributed by atoms with Gasteiger partial charge in [-0.05, 0) is 43.7 Å². The molecule has 4 rings (SSSR count). The van der Waals surface area contributed by atoms with Crippen LogP contribution in [-0.4, -0.2) is 33.9 Å². The van der Waals surface area contributed by atoms with Gasteiger partial charge in [-0.1, -0.05) is 59.1 Å². The molecule has 2 aromatic carbocycles. The van der Waals surface area contributed by atoms with Gasteiger partial charge in [0.05, 0.1) is 26.1 Å². The predicted molar refractivity (Wildman–Crippen MR) is 134 cm³/mol. The maximum Gasteiger partial charge on any atom is 0.272 e. The van der Waals surface area contributed by atoms with Gasteiger partial charge in [-0.15, -0.1) is 0 Å². The first-order valence-corrected chi connectivity index (χ1v) is 10.8. The molecule has 0 unspecified atom stereocenters. The molecule has 2 heterocycles. The Morgan fingerprint density at radius 3 is 2.25 bits per heavy atom. The van der Waals surface area contributed by atoms with E-state index in [0.29, 0.717) is 31.8 Å². The predicted octanol–water partition coefficient (Wildman–Crippen LogP) is 5.98. The molecule has 0 aliphatic rings. The van der Waals surface area contributed by atoms with Crippen molar-refractivity contribution in [3.63, 3.8) is 0 Å². The second kappa shape index (κ2) is 12.4. The Labute approximate surface area is 201 Å². The average Bonchev–Trinajstić information content (AvgIpc) is 2.78. The van der Waals surface area contributed by atoms with Crippen LogP contribution in [0.3, 0.4) is 0 Å². The standard InChI is InChI=1S/C14H11ClN4O.C7H6Cl2.C2H6O/c1-16-11-6-8(15)7-17-13(11)12-9-4-2-3-5-10(9)14(20)19-18-12;1-5-2-3-6(8)7(9)4-5;1-2-3/h2-7,16H,1H3,(H,19,20);2-4H,1H3;3H,2H2,1H3. The molecular formula is C23H23Cl3N4O2. The molecule has 0 fully saturated rings. The van der Waals surface area contributed by atoms with E-state index in [9.17, 15) is 4.79 Å². The van der Waals surface area contributed by atoms with Gasteiger partial charge in [-0.3, -0.25) is 9.78 Å². The number of aromatic amines is 1. The monoisotopic (exact) mass is 492 g/mol. The van der Waals surface area contributed by atoms with E-state index >= 15 is 0 Å². The third-order valence-electron chi connectivity index (χ3n) is 4.12. The Morgan fingerprint density at radius 2 is 1.66 bits per heavy atom. The first-order valence-electron chi connectivity index (χ1n) is 9.65. The fraction of sp³-hybridized carbons (Fsp3) is 0.174. The van der Waals surface area contributed by atoms with Crippen LogP contribution in [0.4, 0.5) is 5.69 Å². The lowest BCUT2D eigenvalue weighted by molar-refractivity contribution is 0.318. The van der Waals surface area contributed by atoms with Crippen molar-refractivity contribution >= 4 is 51.3 Å². The minimum atomic E-state index is -0.218. The summed E-state index contributed by atoms with van der Waals surface area (Å²) in [5, 5.41) is 20.3. The van der Waals surface area contributed by atoms with Crippen LogP contribution in [0.1, 0.15) is 12.5 Å². The highest BCUT2D eigenvalue weighted by Gasteiger charge is 2.13. The first-order chi connectivity index (χ1) is 15.3. The Balaban J connectivity index is 0.000000252. The number of nitrogens with one attached hydrogen (secondary N) is 2. The quantitative estimate of drug-likeness (QED) is 0.319. The molecule has 9 heteroatoms. The number of pyridine rings is 1. The summed E-state index contributed by atoms with van der Waals surface area (Å²) in [4.78, 5) is 16.1. The van der Waals surface area contributed by atoms with Gasteiger partial charge < -0.3 is 10.4 Å². The van der Waals surface area contributed by atoms with E-state index in [-0.39, 0.29) is 12.2 Å². The Hall–Kier alpha value is -2.64. The number of aromatic nitrogens is 3. The Kier molecular flexibility index (Phi) is 9.94. The molecule has 0 spiro atoms. The van der Waals surface area contributed by atoms with Gasteiger partial charge in [0.25, 0.3) is 5.56 Å². The van der Waals surface area contributed by atoms with Gasteiger partial charge in [0, 0.05) is 25.2 Å². The largest absolute Gasteiger partial charge is 0.397 e. The molecule has 6 nitrogen and oxygen atoms in total. The van der Waals surface area contributed by atoms with Gasteiger partial charge >= 0.3 is 0 Å². The second-order valence-corrected chi connectivity index (χ2v) is 7.73. The zero-order chi connectivity index (χ0) is 23.7. The molecule has 4 aromatic rings. The third kappa shape index (κ3) is 6.68. The van der Waals surface area contributed by atoms with Crippen molar-refractivity contribution in [1.29, 1.82) is 0 Å². The van der Waals surface area contributed by atoms with Crippen molar-refractivity contribution in [3.05, 3.63) is 85.7 Å². The fourth-order valence-electron chi connectivity index (χ4n) is 2.71. The lowest BCUT2D eigenvalue weighted by atomic mass is 10.1. The summed E-state index contributed by atoms with van der Waals surface area (Å²) in [6.07, 6.45) is 1.55. The third-order valence-corrected chi connectivity index (χ3v) is 5.06. The van der Waals surface area contributed by atoms with Crippen LogP contribution < -0.4 is 10.9 Å². The highest BCUT2D eigenvalue weighted by Crippen LogP contribution is 2.30. The first kappa shape index (κ1) is 25.6. The van der Waals surface area contributed by atoms with Crippen molar-refractivity contribution in [3.8, 4) is 11.4 Å². The molecule has 0 atom stereocenters. The van der Waals surface area contributed by atoms with Crippen LogP contribution in [0, 0.1) is 6.92 Å². The van der Waals surface area contributed by atoms with Crippen molar-refractivity contribution in [2.45, 2.75) is 13.8 Å². The number of rotatable bonds is 2. The fourth-order valence-corrected chi connectivity index (χ4v) is 3.23. The van der Waals surface area contributed by atoms with Crippen molar-refractivity contribution in [1.82, 2.24) is 15.2 Å². The number of halogens is 3. The van der Waals surface area contributed by atoms with E-state index < -0.39 is 0 Å². The Bertz CT molecular complexity index is 1250. The van der Waals surface area contributed by atoms with Crippen molar-refractivity contribution < 1.29 is 5.11 Å². The van der Waals surface area contributed by atoms with Crippen LogP contribution in [0.2, 0.25) is 15.1 Å². The minimum Gasteiger partial charge on any atom is -0.397 e. The van der Waals surface area contributed by atoms with Crippen molar-refractivity contribution in [2.24, 2.45) is 0 Å². The molecule has 2 aromatic heterocycles. The van der Waals surface area contributed by atoms with Crippen molar-refractivity contribution in [2.75, 3.05) is 19.0 Å². The van der Waals surface area contributed by atoms with Gasteiger partial charge in [0.15, 0.2) is 0 Å². The molecule has 3 N–H and O–H groups in total. The maximum atomic E-state index is 11.8. The van der Waals surface area contributed by atoms with Crippen LogP contribution in [0.25, 0.3) is 22.2 Å². The number of aryl methyl sites for hydroxylation is 1. The smallest absolute Gasteiger partial charge is 0.272 e. The lowest BCUT2D eigenvalue weighted by Gasteiger charge is -2.09. The summed E-state index contributed by atoms with van der Waals surface area (Å²) in [7, 11) is 1.78. The summed E-state index contributed by atoms with van der Waals surface area (Å²) < 4.78 is 0. The van der Waals surface area contributed by atoms with E-state index in [0.717, 1.165) is 16.6 Å². The van der Waals surface area contributed by atoms with E-state index in [1.165, 1.54) is 0 Å². The molecule has 0 aliphatic carbocycles. The van der Waals surface area contributed by atoms with E-state index in [1.54, 1.807) is 38.4 Å². The average molecular weight is 494 g/mol. The number of hydrogen-bond donors (Lipinski definition) is 3. The topological polar surface area (TPSA) is 90.9 Å². The van der Waals surface area contributed by atoms with Crippen LogP contribution >= 0.6 is 34.8 Å². The Morgan fingerprint density at radius 1 is 1.00 bits per heavy atom. The summed E-state index contributed by atoms with van der Waals surface area (Å²) in [6, 6.07) is 14.6. The highest BCUT2D eigenvalue weighted by atomic mass is 35.5. The molecule has 0 bridgehead atoms. The van der Waals surface area contributed by atoms with Crippen LogP contribution in [0.15, 0.2) is 59.5 Å². The molecule has 0 saturated heterocycles. The minimum absolute atomic E-state index is 0.218. The van der Waals surface area contributed by atoms with Crippen LogP contribution in [-0.2, 0) is 0 Å². The molecule has 0 amide bonds. The number of benzene rings is 2. The summed E-state index contributed by atoms with van der Waals surface area (Å²) in [6.45, 7) is 3.90. The van der Waals surface area contributed by atoms with Gasteiger partial charge in [-0.2, -0.15) is 5.10 Å². The van der Waals surface area contributed by atoms with Gasteiger partial charge in [0.1, 0.15) is 11.4 Å². The summed E-state index contributed by atoms with van der Waals surface area (Å²) in [5.74, 6) is 0. The van der Waals surface area contributed by atoms with E-state index in [4.69, 9.17) is 39.9 Å². The van der Waals surface area contributed by atoms with E-state index in [2.05, 4.69) is 20.5 Å². The molecule has 168 valence electrons. The zero-order valence-corrected chi connectivity index (χ0v) is 20.1.